The number of rotatable bonds is 10. The molecule has 0 bridgehead atoms. The predicted molar refractivity (Wildman–Crippen MR) is 113 cm³/mol. The Morgan fingerprint density at radius 2 is 1.84 bits per heavy atom. The lowest BCUT2D eigenvalue weighted by Crippen LogP contribution is -2.39. The average Bonchev–Trinajstić information content (AvgIpc) is 2.56. The number of halogens is 1. The number of ether oxygens (including phenoxy) is 2. The zero-order chi connectivity index (χ0) is 17.8. The second kappa shape index (κ2) is 14.1. The minimum atomic E-state index is -0.652. The predicted octanol–water partition coefficient (Wildman–Crippen LogP) is 2.72. The van der Waals surface area contributed by atoms with Crippen molar-refractivity contribution >= 4 is 29.9 Å². The molecule has 25 heavy (non-hydrogen) atoms. The molecule has 0 amide bonds. The third kappa shape index (κ3) is 10.5. The van der Waals surface area contributed by atoms with Crippen molar-refractivity contribution in [3.8, 4) is 5.75 Å². The number of aliphatic hydroxyl groups is 1. The fourth-order valence-corrected chi connectivity index (χ4v) is 2.05. The van der Waals surface area contributed by atoms with Crippen LogP contribution in [0.4, 0.5) is 0 Å². The largest absolute Gasteiger partial charge is 0.491 e. The number of aliphatic hydroxyl groups excluding tert-OH is 1. The molecule has 6 nitrogen and oxygen atoms in total. The van der Waals surface area contributed by atoms with E-state index in [1.807, 2.05) is 52.0 Å². The lowest BCUT2D eigenvalue weighted by molar-refractivity contribution is 0.152. The summed E-state index contributed by atoms with van der Waals surface area (Å²) >= 11 is 0. The number of hydrogen-bond donors (Lipinski definition) is 3. The van der Waals surface area contributed by atoms with Gasteiger partial charge in [0, 0.05) is 19.7 Å². The van der Waals surface area contributed by atoms with Gasteiger partial charge in [0.25, 0.3) is 0 Å². The molecule has 0 aromatic heterocycles. The first-order valence-electron chi connectivity index (χ1n) is 8.61. The zero-order valence-electron chi connectivity index (χ0n) is 15.6. The van der Waals surface area contributed by atoms with Crippen LogP contribution >= 0.6 is 24.0 Å². The van der Waals surface area contributed by atoms with Gasteiger partial charge in [-0.2, -0.15) is 0 Å². The van der Waals surface area contributed by atoms with Gasteiger partial charge < -0.3 is 25.2 Å². The van der Waals surface area contributed by atoms with Crippen molar-refractivity contribution in [1.29, 1.82) is 0 Å². The molecule has 0 radical (unpaired) electrons. The summed E-state index contributed by atoms with van der Waals surface area (Å²) in [5.41, 5.74) is 0.819. The molecule has 0 aliphatic heterocycles. The van der Waals surface area contributed by atoms with Crippen molar-refractivity contribution in [2.45, 2.75) is 39.9 Å². The highest BCUT2D eigenvalue weighted by Gasteiger charge is 2.08. The Labute approximate surface area is 168 Å². The Bertz CT molecular complexity index is 481. The summed E-state index contributed by atoms with van der Waals surface area (Å²) in [7, 11) is 0. The van der Waals surface area contributed by atoms with Crippen molar-refractivity contribution < 1.29 is 14.6 Å². The van der Waals surface area contributed by atoms with Crippen LogP contribution in [-0.4, -0.2) is 50.0 Å². The smallest absolute Gasteiger partial charge is 0.191 e. The summed E-state index contributed by atoms with van der Waals surface area (Å²) in [6, 6.07) is 7.47. The average molecular weight is 465 g/mol. The topological polar surface area (TPSA) is 75.1 Å². The van der Waals surface area contributed by atoms with Gasteiger partial charge in [0.15, 0.2) is 5.96 Å². The number of benzene rings is 1. The Morgan fingerprint density at radius 3 is 2.40 bits per heavy atom. The second-order valence-electron chi connectivity index (χ2n) is 5.59. The molecule has 1 unspecified atom stereocenters. The Morgan fingerprint density at radius 1 is 1.16 bits per heavy atom. The molecule has 1 aromatic carbocycles. The van der Waals surface area contributed by atoms with Crippen LogP contribution in [-0.2, 0) is 4.74 Å². The first kappa shape index (κ1) is 23.9. The van der Waals surface area contributed by atoms with Crippen LogP contribution in [0, 0.1) is 0 Å². The van der Waals surface area contributed by atoms with E-state index < -0.39 is 6.10 Å². The number of nitrogens with one attached hydrogen (secondary N) is 2. The Balaban J connectivity index is 0.00000576. The molecule has 0 saturated heterocycles. The van der Waals surface area contributed by atoms with E-state index in [4.69, 9.17) is 9.47 Å². The third-order valence-electron chi connectivity index (χ3n) is 3.15. The SMILES string of the molecule is CCNC(=NCC(O)c1ccc(OC(C)C)cc1)NCCOCC.I. The van der Waals surface area contributed by atoms with E-state index in [0.29, 0.717) is 25.7 Å². The van der Waals surface area contributed by atoms with Crippen molar-refractivity contribution in [2.75, 3.05) is 32.8 Å². The minimum absolute atomic E-state index is 0. The lowest BCUT2D eigenvalue weighted by atomic mass is 10.1. The Hall–Kier alpha value is -1.06. The van der Waals surface area contributed by atoms with Gasteiger partial charge in [0.1, 0.15) is 5.75 Å². The van der Waals surface area contributed by atoms with Gasteiger partial charge in [-0.25, -0.2) is 0 Å². The van der Waals surface area contributed by atoms with E-state index >= 15 is 0 Å². The normalized spacial score (nSPS) is 12.5. The van der Waals surface area contributed by atoms with Crippen LogP contribution in [0.3, 0.4) is 0 Å². The monoisotopic (exact) mass is 465 g/mol. The highest BCUT2D eigenvalue weighted by molar-refractivity contribution is 14.0. The maximum absolute atomic E-state index is 10.3. The summed E-state index contributed by atoms with van der Waals surface area (Å²) in [5, 5.41) is 16.6. The molecule has 0 saturated carbocycles. The van der Waals surface area contributed by atoms with Gasteiger partial charge in [-0.1, -0.05) is 12.1 Å². The van der Waals surface area contributed by atoms with Gasteiger partial charge >= 0.3 is 0 Å². The molecule has 1 aromatic rings. The van der Waals surface area contributed by atoms with E-state index in [0.717, 1.165) is 17.9 Å². The van der Waals surface area contributed by atoms with Crippen LogP contribution in [0.2, 0.25) is 0 Å². The van der Waals surface area contributed by atoms with Crippen molar-refractivity contribution in [3.05, 3.63) is 29.8 Å². The number of nitrogens with zero attached hydrogens (tertiary/aromatic N) is 1. The summed E-state index contributed by atoms with van der Waals surface area (Å²) in [6.45, 7) is 11.0. The van der Waals surface area contributed by atoms with E-state index in [1.54, 1.807) is 0 Å². The van der Waals surface area contributed by atoms with Crippen molar-refractivity contribution in [3.63, 3.8) is 0 Å². The number of hydrogen-bond acceptors (Lipinski definition) is 4. The molecule has 1 rings (SSSR count). The van der Waals surface area contributed by atoms with E-state index in [-0.39, 0.29) is 36.6 Å². The summed E-state index contributed by atoms with van der Waals surface area (Å²) in [5.74, 6) is 1.48. The fourth-order valence-electron chi connectivity index (χ4n) is 2.05. The first-order valence-corrected chi connectivity index (χ1v) is 8.61. The summed E-state index contributed by atoms with van der Waals surface area (Å²) < 4.78 is 10.9. The molecule has 3 N–H and O–H groups in total. The molecule has 7 heteroatoms. The lowest BCUT2D eigenvalue weighted by Gasteiger charge is -2.14. The summed E-state index contributed by atoms with van der Waals surface area (Å²) in [4.78, 5) is 4.42. The summed E-state index contributed by atoms with van der Waals surface area (Å²) in [6.07, 6.45) is -0.517. The minimum Gasteiger partial charge on any atom is -0.491 e. The standard InChI is InChI=1S/C18H31N3O3.HI/c1-5-19-18(20-11-12-23-6-2)21-13-17(22)15-7-9-16(10-8-15)24-14(3)4;/h7-10,14,17,22H,5-6,11-13H2,1-4H3,(H2,19,20,21);1H. The zero-order valence-corrected chi connectivity index (χ0v) is 17.9. The quantitative estimate of drug-likeness (QED) is 0.215. The van der Waals surface area contributed by atoms with Crippen LogP contribution in [0.25, 0.3) is 0 Å². The molecule has 144 valence electrons. The van der Waals surface area contributed by atoms with E-state index in [1.165, 1.54) is 0 Å². The van der Waals surface area contributed by atoms with Gasteiger partial charge in [-0.3, -0.25) is 4.99 Å². The van der Waals surface area contributed by atoms with Gasteiger partial charge in [0.05, 0.1) is 25.4 Å². The molecular formula is C18H32IN3O3. The molecule has 1 atom stereocenters. The van der Waals surface area contributed by atoms with Crippen LogP contribution in [0.1, 0.15) is 39.4 Å². The van der Waals surface area contributed by atoms with E-state index in [2.05, 4.69) is 15.6 Å². The Kier molecular flexibility index (Phi) is 13.5. The molecule has 0 spiro atoms. The highest BCUT2D eigenvalue weighted by Crippen LogP contribution is 2.19. The van der Waals surface area contributed by atoms with Crippen LogP contribution < -0.4 is 15.4 Å². The third-order valence-corrected chi connectivity index (χ3v) is 3.15. The maximum atomic E-state index is 10.3. The maximum Gasteiger partial charge on any atom is 0.191 e. The highest BCUT2D eigenvalue weighted by atomic mass is 127. The van der Waals surface area contributed by atoms with Crippen LogP contribution in [0.5, 0.6) is 5.75 Å². The molecule has 0 aliphatic rings. The fraction of sp³-hybridized carbons (Fsp3) is 0.611. The molecule has 0 heterocycles. The van der Waals surface area contributed by atoms with Crippen LogP contribution in [0.15, 0.2) is 29.3 Å². The first-order chi connectivity index (χ1) is 11.6. The van der Waals surface area contributed by atoms with Crippen molar-refractivity contribution in [1.82, 2.24) is 10.6 Å². The van der Waals surface area contributed by atoms with Crippen molar-refractivity contribution in [2.24, 2.45) is 4.99 Å². The molecule has 0 aliphatic carbocycles. The molecule has 0 fully saturated rings. The number of guanidine groups is 1. The van der Waals surface area contributed by atoms with E-state index in [9.17, 15) is 5.11 Å². The van der Waals surface area contributed by atoms with Gasteiger partial charge in [-0.05, 0) is 45.4 Å². The molecular weight excluding hydrogens is 433 g/mol. The second-order valence-corrected chi connectivity index (χ2v) is 5.59. The number of aliphatic imine (C=N–C) groups is 1. The van der Waals surface area contributed by atoms with Gasteiger partial charge in [0.2, 0.25) is 0 Å². The van der Waals surface area contributed by atoms with Gasteiger partial charge in [-0.15, -0.1) is 24.0 Å².